The number of rotatable bonds is 9. The molecule has 1 heterocycles. The fourth-order valence-electron chi connectivity index (χ4n) is 4.88. The first-order chi connectivity index (χ1) is 17.9. The molecular formula is C29H34ClN3O4S. The Morgan fingerprint density at radius 2 is 1.68 bits per heavy atom. The minimum Gasteiger partial charge on any atom is -0.350 e. The van der Waals surface area contributed by atoms with Crippen LogP contribution in [0.4, 0.5) is 5.69 Å². The van der Waals surface area contributed by atoms with Crippen molar-refractivity contribution >= 4 is 49.9 Å². The molecule has 1 aliphatic heterocycles. The second-order valence-corrected chi connectivity index (χ2v) is 12.9. The molecule has 0 fully saturated rings. The van der Waals surface area contributed by atoms with Gasteiger partial charge in [-0.1, -0.05) is 54.9 Å². The van der Waals surface area contributed by atoms with Crippen LogP contribution in [0.15, 0.2) is 65.6 Å². The van der Waals surface area contributed by atoms with Crippen LogP contribution >= 0.6 is 11.6 Å². The Hall–Kier alpha value is -3.10. The van der Waals surface area contributed by atoms with E-state index < -0.39 is 21.6 Å². The van der Waals surface area contributed by atoms with Crippen molar-refractivity contribution in [1.29, 1.82) is 0 Å². The smallest absolute Gasteiger partial charge is 0.265 e. The number of carbonyl (C=O) groups excluding carboxylic acids is 2. The van der Waals surface area contributed by atoms with Crippen LogP contribution in [0.25, 0.3) is 10.8 Å². The highest BCUT2D eigenvalue weighted by Gasteiger charge is 2.36. The Kier molecular flexibility index (Phi) is 8.04. The van der Waals surface area contributed by atoms with Crippen molar-refractivity contribution in [2.24, 2.45) is 0 Å². The molecule has 3 aromatic carbocycles. The van der Waals surface area contributed by atoms with Gasteiger partial charge in [0.05, 0.1) is 10.6 Å². The van der Waals surface area contributed by atoms with E-state index in [9.17, 15) is 18.0 Å². The first kappa shape index (κ1) is 27.9. The number of nitrogens with one attached hydrogen (secondary N) is 1. The van der Waals surface area contributed by atoms with Crippen molar-refractivity contribution in [3.05, 3.63) is 71.2 Å². The number of hydrogen-bond donors (Lipinski definition) is 1. The quantitative estimate of drug-likeness (QED) is 0.377. The van der Waals surface area contributed by atoms with Gasteiger partial charge in [0.15, 0.2) is 0 Å². The molecule has 2 amide bonds. The number of benzene rings is 3. The zero-order valence-electron chi connectivity index (χ0n) is 22.2. The van der Waals surface area contributed by atoms with Gasteiger partial charge in [-0.05, 0) is 68.8 Å². The van der Waals surface area contributed by atoms with E-state index in [0.29, 0.717) is 28.4 Å². The number of hydrogen-bond acceptors (Lipinski definition) is 4. The lowest BCUT2D eigenvalue weighted by Gasteiger charge is -2.33. The third-order valence-corrected chi connectivity index (χ3v) is 8.69. The van der Waals surface area contributed by atoms with Crippen molar-refractivity contribution in [3.63, 3.8) is 0 Å². The highest BCUT2D eigenvalue weighted by Crippen LogP contribution is 2.42. The standard InChI is InChI=1S/C29H34ClN3O4S/c1-5-23(28(35)31-29(2,3)4)32(19-20-14-16-22(30)17-15-20)26(34)13-8-18-33-24-11-6-9-21-10-7-12-25(27(21)24)38(33,36)37/h6-7,9-12,14-17,23H,5,8,13,18-19H2,1-4H3,(H,31,35)/t23-/m1/s1. The molecule has 0 saturated heterocycles. The Morgan fingerprint density at radius 3 is 2.32 bits per heavy atom. The van der Waals surface area contributed by atoms with Crippen LogP contribution in [0.2, 0.25) is 5.02 Å². The van der Waals surface area contributed by atoms with Crippen LogP contribution in [0.5, 0.6) is 0 Å². The second kappa shape index (κ2) is 10.9. The maximum atomic E-state index is 13.6. The van der Waals surface area contributed by atoms with E-state index in [4.69, 9.17) is 11.6 Å². The number of anilines is 1. The van der Waals surface area contributed by atoms with Gasteiger partial charge in [-0.3, -0.25) is 13.9 Å². The summed E-state index contributed by atoms with van der Waals surface area (Å²) in [5.41, 5.74) is 1.05. The minimum absolute atomic E-state index is 0.102. The number of carbonyl (C=O) groups is 2. The third-order valence-electron chi connectivity index (χ3n) is 6.58. The summed E-state index contributed by atoms with van der Waals surface area (Å²) in [6.45, 7) is 8.00. The van der Waals surface area contributed by atoms with E-state index in [0.717, 1.165) is 16.3 Å². The molecule has 0 radical (unpaired) electrons. The average molecular weight is 556 g/mol. The molecule has 202 valence electrons. The fraction of sp³-hybridized carbons (Fsp3) is 0.379. The number of sulfonamides is 1. The van der Waals surface area contributed by atoms with Crippen molar-refractivity contribution in [1.82, 2.24) is 10.2 Å². The molecule has 1 atom stereocenters. The first-order valence-electron chi connectivity index (χ1n) is 12.8. The van der Waals surface area contributed by atoms with Crippen LogP contribution in [-0.2, 0) is 26.2 Å². The van der Waals surface area contributed by atoms with Crippen molar-refractivity contribution < 1.29 is 18.0 Å². The van der Waals surface area contributed by atoms with E-state index in [1.54, 1.807) is 35.2 Å². The molecule has 0 aromatic heterocycles. The summed E-state index contributed by atoms with van der Waals surface area (Å²) in [6.07, 6.45) is 0.862. The topological polar surface area (TPSA) is 86.8 Å². The van der Waals surface area contributed by atoms with Crippen LogP contribution in [0, 0.1) is 0 Å². The van der Waals surface area contributed by atoms with Gasteiger partial charge in [-0.15, -0.1) is 0 Å². The molecule has 4 rings (SSSR count). The molecule has 0 saturated carbocycles. The molecular weight excluding hydrogens is 522 g/mol. The summed E-state index contributed by atoms with van der Waals surface area (Å²) in [6, 6.07) is 17.3. The molecule has 0 spiro atoms. The lowest BCUT2D eigenvalue weighted by molar-refractivity contribution is -0.142. The predicted molar refractivity (Wildman–Crippen MR) is 152 cm³/mol. The molecule has 1 aliphatic rings. The van der Waals surface area contributed by atoms with Crippen LogP contribution < -0.4 is 9.62 Å². The molecule has 0 aliphatic carbocycles. The summed E-state index contributed by atoms with van der Waals surface area (Å²) in [7, 11) is -3.69. The molecule has 0 bridgehead atoms. The Balaban J connectivity index is 1.53. The molecule has 9 heteroatoms. The summed E-state index contributed by atoms with van der Waals surface area (Å²) in [4.78, 5) is 28.6. The summed E-state index contributed by atoms with van der Waals surface area (Å²) >= 11 is 6.04. The van der Waals surface area contributed by atoms with E-state index in [1.807, 2.05) is 58.0 Å². The highest BCUT2D eigenvalue weighted by atomic mass is 35.5. The van der Waals surface area contributed by atoms with Crippen molar-refractivity contribution in [2.45, 2.75) is 70.0 Å². The summed E-state index contributed by atoms with van der Waals surface area (Å²) in [5.74, 6) is -0.422. The lowest BCUT2D eigenvalue weighted by Crippen LogP contribution is -2.53. The minimum atomic E-state index is -3.69. The van der Waals surface area contributed by atoms with Crippen molar-refractivity contribution in [2.75, 3.05) is 10.8 Å². The summed E-state index contributed by atoms with van der Waals surface area (Å²) < 4.78 is 28.0. The zero-order valence-corrected chi connectivity index (χ0v) is 23.8. The monoisotopic (exact) mass is 555 g/mol. The maximum Gasteiger partial charge on any atom is 0.265 e. The second-order valence-electron chi connectivity index (χ2n) is 10.6. The van der Waals surface area contributed by atoms with Gasteiger partial charge >= 0.3 is 0 Å². The van der Waals surface area contributed by atoms with E-state index in [2.05, 4.69) is 5.32 Å². The number of nitrogens with zero attached hydrogens (tertiary/aromatic N) is 2. The van der Waals surface area contributed by atoms with E-state index >= 15 is 0 Å². The lowest BCUT2D eigenvalue weighted by atomic mass is 10.0. The SMILES string of the molecule is CC[C@H](C(=O)NC(C)(C)C)N(Cc1ccc(Cl)cc1)C(=O)CCCN1c2cccc3cccc(c23)S1(=O)=O. The third kappa shape index (κ3) is 5.81. The number of halogens is 1. The van der Waals surface area contributed by atoms with E-state index in [-0.39, 0.29) is 31.3 Å². The van der Waals surface area contributed by atoms with Gasteiger partial charge in [0.25, 0.3) is 10.0 Å². The molecule has 1 N–H and O–H groups in total. The van der Waals surface area contributed by atoms with Crippen LogP contribution in [0.3, 0.4) is 0 Å². The van der Waals surface area contributed by atoms with Gasteiger partial charge < -0.3 is 10.2 Å². The van der Waals surface area contributed by atoms with Gasteiger partial charge in [-0.25, -0.2) is 8.42 Å². The molecule has 38 heavy (non-hydrogen) atoms. The van der Waals surface area contributed by atoms with Gasteiger partial charge in [-0.2, -0.15) is 0 Å². The molecule has 3 aromatic rings. The average Bonchev–Trinajstić information content (AvgIpc) is 3.07. The zero-order chi connectivity index (χ0) is 27.7. The fourth-order valence-corrected chi connectivity index (χ4v) is 6.75. The Labute approximate surface area is 229 Å². The highest BCUT2D eigenvalue weighted by molar-refractivity contribution is 7.93. The van der Waals surface area contributed by atoms with E-state index in [1.165, 1.54) is 4.31 Å². The van der Waals surface area contributed by atoms with Gasteiger partial charge in [0, 0.05) is 35.5 Å². The molecule has 0 unspecified atom stereocenters. The normalized spacial score (nSPS) is 14.9. The van der Waals surface area contributed by atoms with Crippen LogP contribution in [-0.4, -0.2) is 43.3 Å². The van der Waals surface area contributed by atoms with Crippen molar-refractivity contribution in [3.8, 4) is 0 Å². The Bertz CT molecular complexity index is 1440. The largest absolute Gasteiger partial charge is 0.350 e. The maximum absolute atomic E-state index is 13.6. The predicted octanol–water partition coefficient (Wildman–Crippen LogP) is 5.50. The van der Waals surface area contributed by atoms with Gasteiger partial charge in [0.1, 0.15) is 6.04 Å². The van der Waals surface area contributed by atoms with Gasteiger partial charge in [0.2, 0.25) is 11.8 Å². The van der Waals surface area contributed by atoms with Crippen LogP contribution in [0.1, 0.15) is 52.5 Å². The Morgan fingerprint density at radius 1 is 1.03 bits per heavy atom. The number of amides is 2. The first-order valence-corrected chi connectivity index (χ1v) is 14.6. The molecule has 7 nitrogen and oxygen atoms in total. The summed E-state index contributed by atoms with van der Waals surface area (Å²) in [5, 5.41) is 5.17.